The van der Waals surface area contributed by atoms with E-state index in [-0.39, 0.29) is 18.6 Å². The average molecular weight is 328 g/mol. The van der Waals surface area contributed by atoms with Gasteiger partial charge in [0, 0.05) is 13.2 Å². The molecule has 1 aromatic carbocycles. The second kappa shape index (κ2) is 8.57. The van der Waals surface area contributed by atoms with Crippen molar-refractivity contribution in [2.45, 2.75) is 33.1 Å². The maximum absolute atomic E-state index is 13.4. The van der Waals surface area contributed by atoms with Crippen LogP contribution in [0.3, 0.4) is 0 Å². The van der Waals surface area contributed by atoms with Crippen molar-refractivity contribution in [3.63, 3.8) is 0 Å². The lowest BCUT2D eigenvalue weighted by molar-refractivity contribution is -0.136. The van der Waals surface area contributed by atoms with E-state index >= 15 is 0 Å². The van der Waals surface area contributed by atoms with Crippen molar-refractivity contribution in [2.75, 3.05) is 18.5 Å². The van der Waals surface area contributed by atoms with Gasteiger partial charge in [-0.2, -0.15) is 0 Å². The van der Waals surface area contributed by atoms with Crippen molar-refractivity contribution >= 4 is 17.5 Å². The molecule has 0 aromatic heterocycles. The van der Waals surface area contributed by atoms with Gasteiger partial charge in [-0.3, -0.25) is 9.59 Å². The minimum Gasteiger partial charge on any atom is -0.396 e. The predicted molar refractivity (Wildman–Crippen MR) is 82.7 cm³/mol. The number of hydrogen-bond acceptors (Lipinski definition) is 3. The Morgan fingerprint density at radius 3 is 2.17 bits per heavy atom. The first-order chi connectivity index (χ1) is 10.9. The minimum atomic E-state index is -1.14. The van der Waals surface area contributed by atoms with Crippen LogP contribution in [0.4, 0.5) is 14.5 Å². The summed E-state index contributed by atoms with van der Waals surface area (Å²) in [7, 11) is 0. The number of anilines is 1. The lowest BCUT2D eigenvalue weighted by Gasteiger charge is -2.31. The van der Waals surface area contributed by atoms with Gasteiger partial charge in [-0.1, -0.05) is 19.9 Å². The van der Waals surface area contributed by atoms with Gasteiger partial charge in [0.05, 0.1) is 0 Å². The molecule has 0 heterocycles. The van der Waals surface area contributed by atoms with E-state index in [2.05, 4.69) is 5.32 Å². The summed E-state index contributed by atoms with van der Waals surface area (Å²) >= 11 is 0. The molecule has 0 aliphatic heterocycles. The second-order valence-electron chi connectivity index (χ2n) is 5.41. The molecule has 0 aliphatic carbocycles. The first-order valence-electron chi connectivity index (χ1n) is 7.53. The fourth-order valence-corrected chi connectivity index (χ4v) is 2.31. The molecule has 0 spiro atoms. The summed E-state index contributed by atoms with van der Waals surface area (Å²) < 4.78 is 26.9. The number of para-hydroxylation sites is 1. The Hall–Kier alpha value is -2.02. The first-order valence-corrected chi connectivity index (χ1v) is 7.53. The second-order valence-corrected chi connectivity index (χ2v) is 5.41. The quantitative estimate of drug-likeness (QED) is 0.672. The molecular weight excluding hydrogens is 306 g/mol. The van der Waals surface area contributed by atoms with Crippen LogP contribution in [0.1, 0.15) is 33.1 Å². The summed E-state index contributed by atoms with van der Waals surface area (Å²) in [6.07, 6.45) is 1.92. The van der Waals surface area contributed by atoms with Gasteiger partial charge in [0.2, 0.25) is 0 Å². The van der Waals surface area contributed by atoms with E-state index in [0.29, 0.717) is 19.3 Å². The van der Waals surface area contributed by atoms with Crippen molar-refractivity contribution in [2.24, 2.45) is 5.41 Å². The molecule has 0 saturated carbocycles. The van der Waals surface area contributed by atoms with E-state index < -0.39 is 29.1 Å². The third kappa shape index (κ3) is 4.99. The standard InChI is InChI=1S/C16H22F2N2O3/c1-3-16(4-2,8-9-21)10-19-14(22)15(23)20-13-11(17)6-5-7-12(13)18/h5-7,21H,3-4,8-10H2,1-2H3,(H,19,22)(H,20,23). The normalized spacial score (nSPS) is 11.2. The minimum absolute atomic E-state index is 0.0236. The highest BCUT2D eigenvalue weighted by Crippen LogP contribution is 2.29. The zero-order valence-electron chi connectivity index (χ0n) is 13.3. The number of hydrogen-bond donors (Lipinski definition) is 3. The van der Waals surface area contributed by atoms with Crippen LogP contribution in [-0.4, -0.2) is 30.1 Å². The monoisotopic (exact) mass is 328 g/mol. The summed E-state index contributed by atoms with van der Waals surface area (Å²) in [6.45, 7) is 4.04. The highest BCUT2D eigenvalue weighted by Gasteiger charge is 2.27. The number of benzene rings is 1. The van der Waals surface area contributed by atoms with Crippen LogP contribution in [0.5, 0.6) is 0 Å². The molecule has 0 aliphatic rings. The van der Waals surface area contributed by atoms with Gasteiger partial charge < -0.3 is 15.7 Å². The number of carbonyl (C=O) groups excluding carboxylic acids is 2. The van der Waals surface area contributed by atoms with Crippen LogP contribution in [0, 0.1) is 17.0 Å². The predicted octanol–water partition coefficient (Wildman–Crippen LogP) is 2.21. The molecule has 0 radical (unpaired) electrons. The van der Waals surface area contributed by atoms with Gasteiger partial charge in [-0.05, 0) is 36.8 Å². The van der Waals surface area contributed by atoms with Crippen molar-refractivity contribution < 1.29 is 23.5 Å². The zero-order valence-corrected chi connectivity index (χ0v) is 13.3. The largest absolute Gasteiger partial charge is 0.396 e. The fraction of sp³-hybridized carbons (Fsp3) is 0.500. The van der Waals surface area contributed by atoms with E-state index in [1.165, 1.54) is 0 Å². The molecule has 0 atom stereocenters. The Kier molecular flexibility index (Phi) is 7.09. The van der Waals surface area contributed by atoms with Crippen molar-refractivity contribution in [1.82, 2.24) is 5.32 Å². The third-order valence-electron chi connectivity index (χ3n) is 4.17. The van der Waals surface area contributed by atoms with Gasteiger partial charge in [-0.15, -0.1) is 0 Å². The van der Waals surface area contributed by atoms with Crippen molar-refractivity contribution in [3.8, 4) is 0 Å². The molecule has 0 unspecified atom stereocenters. The maximum atomic E-state index is 13.4. The Balaban J connectivity index is 2.69. The van der Waals surface area contributed by atoms with Crippen molar-refractivity contribution in [3.05, 3.63) is 29.8 Å². The van der Waals surface area contributed by atoms with Gasteiger partial charge in [0.1, 0.15) is 17.3 Å². The van der Waals surface area contributed by atoms with E-state index in [1.54, 1.807) is 0 Å². The summed E-state index contributed by atoms with van der Waals surface area (Å²) in [4.78, 5) is 23.6. The van der Waals surface area contributed by atoms with E-state index in [9.17, 15) is 18.4 Å². The Bertz CT molecular complexity index is 540. The van der Waals surface area contributed by atoms with Crippen LogP contribution >= 0.6 is 0 Å². The number of halogens is 2. The molecular formula is C16H22F2N2O3. The molecule has 0 bridgehead atoms. The molecule has 3 N–H and O–H groups in total. The Morgan fingerprint density at radius 2 is 1.70 bits per heavy atom. The lowest BCUT2D eigenvalue weighted by Crippen LogP contribution is -2.42. The highest BCUT2D eigenvalue weighted by atomic mass is 19.1. The van der Waals surface area contributed by atoms with Crippen LogP contribution < -0.4 is 10.6 Å². The van der Waals surface area contributed by atoms with Gasteiger partial charge >= 0.3 is 11.8 Å². The number of amides is 2. The Labute approximate surface area is 134 Å². The zero-order chi connectivity index (χ0) is 17.5. The molecule has 2 amide bonds. The lowest BCUT2D eigenvalue weighted by atomic mass is 9.79. The van der Waals surface area contributed by atoms with Crippen LogP contribution in [0.2, 0.25) is 0 Å². The Morgan fingerprint density at radius 1 is 1.13 bits per heavy atom. The molecule has 0 saturated heterocycles. The number of rotatable bonds is 7. The van der Waals surface area contributed by atoms with Crippen LogP contribution in [0.25, 0.3) is 0 Å². The summed E-state index contributed by atoms with van der Waals surface area (Å²) in [5.74, 6) is -4.03. The van der Waals surface area contributed by atoms with Crippen molar-refractivity contribution in [1.29, 1.82) is 0 Å². The molecule has 23 heavy (non-hydrogen) atoms. The maximum Gasteiger partial charge on any atom is 0.313 e. The third-order valence-corrected chi connectivity index (χ3v) is 4.17. The topological polar surface area (TPSA) is 78.4 Å². The van der Waals surface area contributed by atoms with Crippen LogP contribution in [0.15, 0.2) is 18.2 Å². The molecule has 7 heteroatoms. The summed E-state index contributed by atoms with van der Waals surface area (Å²) in [5.41, 5.74) is -0.964. The first kappa shape index (κ1) is 19.0. The number of carbonyl (C=O) groups is 2. The van der Waals surface area contributed by atoms with Gasteiger partial charge in [0.15, 0.2) is 0 Å². The fourth-order valence-electron chi connectivity index (χ4n) is 2.31. The summed E-state index contributed by atoms with van der Waals surface area (Å²) in [6, 6.07) is 3.13. The molecule has 5 nitrogen and oxygen atoms in total. The van der Waals surface area contributed by atoms with E-state index in [1.807, 2.05) is 19.2 Å². The average Bonchev–Trinajstić information content (AvgIpc) is 2.54. The van der Waals surface area contributed by atoms with E-state index in [0.717, 1.165) is 18.2 Å². The molecule has 0 fully saturated rings. The molecule has 128 valence electrons. The van der Waals surface area contributed by atoms with Crippen LogP contribution in [-0.2, 0) is 9.59 Å². The summed E-state index contributed by atoms with van der Waals surface area (Å²) in [5, 5.41) is 13.5. The van der Waals surface area contributed by atoms with Gasteiger partial charge in [0.25, 0.3) is 0 Å². The molecule has 1 rings (SSSR count). The number of aliphatic hydroxyl groups is 1. The number of aliphatic hydroxyl groups excluding tert-OH is 1. The smallest absolute Gasteiger partial charge is 0.313 e. The SMILES string of the molecule is CCC(CC)(CCO)CNC(=O)C(=O)Nc1c(F)cccc1F. The van der Waals surface area contributed by atoms with Gasteiger partial charge in [-0.25, -0.2) is 8.78 Å². The highest BCUT2D eigenvalue weighted by molar-refractivity contribution is 6.39. The van der Waals surface area contributed by atoms with E-state index in [4.69, 9.17) is 5.11 Å². The number of nitrogens with one attached hydrogen (secondary N) is 2. The molecule has 1 aromatic rings.